The Morgan fingerprint density at radius 2 is 1.74 bits per heavy atom. The molecule has 1 aromatic carbocycles. The number of nitrogens with zero attached hydrogens (tertiary/aromatic N) is 1. The van der Waals surface area contributed by atoms with E-state index in [0.717, 1.165) is 0 Å². The van der Waals surface area contributed by atoms with Crippen LogP contribution in [0.1, 0.15) is 41.5 Å². The summed E-state index contributed by atoms with van der Waals surface area (Å²) < 4.78 is 11.5. The van der Waals surface area contributed by atoms with E-state index in [0.29, 0.717) is 9.32 Å². The maximum atomic E-state index is 11.9. The molecule has 0 atom stereocenters. The highest BCUT2D eigenvalue weighted by molar-refractivity contribution is 14.1. The Bertz CT molecular complexity index is 618. The number of benzene rings is 1. The van der Waals surface area contributed by atoms with Crippen LogP contribution in [0.2, 0.25) is 0 Å². The van der Waals surface area contributed by atoms with Crippen LogP contribution in [0.5, 0.6) is 5.75 Å². The first-order chi connectivity index (χ1) is 10.3. The Kier molecular flexibility index (Phi) is 5.84. The number of ether oxygens (including phenoxy) is 2. The van der Waals surface area contributed by atoms with Gasteiger partial charge in [-0.25, -0.2) is 4.79 Å². The van der Waals surface area contributed by atoms with Gasteiger partial charge in [-0.05, 0) is 64.1 Å². The zero-order valence-electron chi connectivity index (χ0n) is 14.0. The van der Waals surface area contributed by atoms with E-state index < -0.39 is 22.2 Å². The number of nitro benzene ring substituents is 1. The van der Waals surface area contributed by atoms with Crippen LogP contribution < -0.4 is 10.1 Å². The van der Waals surface area contributed by atoms with Crippen molar-refractivity contribution < 1.29 is 19.2 Å². The van der Waals surface area contributed by atoms with E-state index in [1.807, 2.05) is 43.4 Å². The fourth-order valence-corrected chi connectivity index (χ4v) is 2.18. The van der Waals surface area contributed by atoms with Gasteiger partial charge in [0.1, 0.15) is 22.6 Å². The van der Waals surface area contributed by atoms with Gasteiger partial charge < -0.3 is 9.47 Å². The van der Waals surface area contributed by atoms with Crippen molar-refractivity contribution in [3.8, 4) is 5.75 Å². The van der Waals surface area contributed by atoms with E-state index in [2.05, 4.69) is 5.32 Å². The van der Waals surface area contributed by atoms with Gasteiger partial charge in [0.2, 0.25) is 0 Å². The number of hydrogen-bond donors (Lipinski definition) is 1. The number of carbonyl (C=O) groups is 1. The third-order valence-electron chi connectivity index (χ3n) is 2.30. The number of nitro groups is 1. The Balaban J connectivity index is 3.19. The van der Waals surface area contributed by atoms with Crippen molar-refractivity contribution in [2.45, 2.75) is 52.7 Å². The molecule has 7 nitrogen and oxygen atoms in total. The molecule has 0 saturated heterocycles. The highest BCUT2D eigenvalue weighted by Gasteiger charge is 2.24. The average Bonchev–Trinajstić information content (AvgIpc) is 2.28. The lowest BCUT2D eigenvalue weighted by Crippen LogP contribution is -2.27. The summed E-state index contributed by atoms with van der Waals surface area (Å²) in [7, 11) is 0. The fourth-order valence-electron chi connectivity index (χ4n) is 1.62. The van der Waals surface area contributed by atoms with Crippen LogP contribution in [0.4, 0.5) is 16.2 Å². The Morgan fingerprint density at radius 1 is 1.17 bits per heavy atom. The van der Waals surface area contributed by atoms with Crippen LogP contribution in [0.3, 0.4) is 0 Å². The SMILES string of the molecule is CC(C)(C)OC(=O)Nc1cc(OC(C)(C)C)c(I)cc1[N+](=O)[O-]. The first kappa shape index (κ1) is 19.5. The summed E-state index contributed by atoms with van der Waals surface area (Å²) in [4.78, 5) is 22.5. The third-order valence-corrected chi connectivity index (χ3v) is 3.14. The van der Waals surface area contributed by atoms with E-state index in [-0.39, 0.29) is 11.4 Å². The fraction of sp³-hybridized carbons (Fsp3) is 0.533. The van der Waals surface area contributed by atoms with Gasteiger partial charge in [0.05, 0.1) is 8.49 Å². The molecule has 1 N–H and O–H groups in total. The van der Waals surface area contributed by atoms with Gasteiger partial charge in [0.25, 0.3) is 5.69 Å². The monoisotopic (exact) mass is 436 g/mol. The molecule has 0 aliphatic carbocycles. The van der Waals surface area contributed by atoms with Crippen LogP contribution in [0.25, 0.3) is 0 Å². The summed E-state index contributed by atoms with van der Waals surface area (Å²) >= 11 is 1.96. The van der Waals surface area contributed by atoms with Crippen LogP contribution in [-0.2, 0) is 4.74 Å². The first-order valence-corrected chi connectivity index (χ1v) is 8.03. The number of halogens is 1. The molecule has 0 fully saturated rings. The summed E-state index contributed by atoms with van der Waals surface area (Å²) in [5.74, 6) is 0.453. The van der Waals surface area contributed by atoms with Crippen molar-refractivity contribution in [2.24, 2.45) is 0 Å². The molecule has 128 valence electrons. The number of rotatable bonds is 3. The van der Waals surface area contributed by atoms with E-state index in [9.17, 15) is 14.9 Å². The number of hydrogen-bond acceptors (Lipinski definition) is 5. The highest BCUT2D eigenvalue weighted by atomic mass is 127. The van der Waals surface area contributed by atoms with Crippen molar-refractivity contribution >= 4 is 40.1 Å². The molecule has 0 heterocycles. The summed E-state index contributed by atoms with van der Waals surface area (Å²) in [5, 5.41) is 13.6. The van der Waals surface area contributed by atoms with Gasteiger partial charge in [-0.3, -0.25) is 15.4 Å². The van der Waals surface area contributed by atoms with Gasteiger partial charge in [0, 0.05) is 12.1 Å². The van der Waals surface area contributed by atoms with Gasteiger partial charge in [-0.15, -0.1) is 0 Å². The normalized spacial score (nSPS) is 11.8. The van der Waals surface area contributed by atoms with Crippen LogP contribution in [0.15, 0.2) is 12.1 Å². The number of anilines is 1. The van der Waals surface area contributed by atoms with Crippen molar-refractivity contribution in [1.82, 2.24) is 0 Å². The number of carbonyl (C=O) groups excluding carboxylic acids is 1. The van der Waals surface area contributed by atoms with E-state index in [1.165, 1.54) is 12.1 Å². The van der Waals surface area contributed by atoms with Gasteiger partial charge in [0.15, 0.2) is 0 Å². The molecule has 0 unspecified atom stereocenters. The van der Waals surface area contributed by atoms with Crippen molar-refractivity contribution in [1.29, 1.82) is 0 Å². The average molecular weight is 436 g/mol. The zero-order valence-corrected chi connectivity index (χ0v) is 16.2. The molecule has 0 aromatic heterocycles. The molecule has 0 bridgehead atoms. The largest absolute Gasteiger partial charge is 0.487 e. The molecular formula is C15H21IN2O5. The maximum Gasteiger partial charge on any atom is 0.412 e. The van der Waals surface area contributed by atoms with E-state index >= 15 is 0 Å². The van der Waals surface area contributed by atoms with Crippen molar-refractivity contribution in [3.63, 3.8) is 0 Å². The minimum absolute atomic E-state index is 0.0314. The summed E-state index contributed by atoms with van der Waals surface area (Å²) in [6.45, 7) is 10.7. The second-order valence-corrected chi connectivity index (χ2v) is 8.06. The topological polar surface area (TPSA) is 90.7 Å². The van der Waals surface area contributed by atoms with Crippen LogP contribution in [0, 0.1) is 13.7 Å². The molecule has 0 radical (unpaired) electrons. The Morgan fingerprint density at radius 3 is 2.17 bits per heavy atom. The predicted octanol–water partition coefficient (Wildman–Crippen LogP) is 4.72. The number of nitrogens with one attached hydrogen (secondary N) is 1. The summed E-state index contributed by atoms with van der Waals surface area (Å²) in [5.41, 5.74) is -1.36. The molecule has 8 heteroatoms. The van der Waals surface area contributed by atoms with Crippen LogP contribution >= 0.6 is 22.6 Å². The second kappa shape index (κ2) is 6.90. The Hall–Kier alpha value is -1.58. The van der Waals surface area contributed by atoms with Crippen molar-refractivity contribution in [2.75, 3.05) is 5.32 Å². The van der Waals surface area contributed by atoms with Gasteiger partial charge >= 0.3 is 6.09 Å². The summed E-state index contributed by atoms with van der Waals surface area (Å²) in [6.07, 6.45) is -0.761. The molecule has 0 aliphatic rings. The quantitative estimate of drug-likeness (QED) is 0.421. The first-order valence-electron chi connectivity index (χ1n) is 6.95. The second-order valence-electron chi connectivity index (χ2n) is 6.90. The minimum Gasteiger partial charge on any atom is -0.487 e. The minimum atomic E-state index is -0.761. The highest BCUT2D eigenvalue weighted by Crippen LogP contribution is 2.35. The van der Waals surface area contributed by atoms with Gasteiger partial charge in [-0.2, -0.15) is 0 Å². The Labute approximate surface area is 149 Å². The lowest BCUT2D eigenvalue weighted by Gasteiger charge is -2.23. The van der Waals surface area contributed by atoms with Crippen LogP contribution in [-0.4, -0.2) is 22.2 Å². The number of amides is 1. The molecule has 0 saturated carbocycles. The smallest absolute Gasteiger partial charge is 0.412 e. The maximum absolute atomic E-state index is 11.9. The van der Waals surface area contributed by atoms with E-state index in [1.54, 1.807) is 20.8 Å². The third kappa shape index (κ3) is 6.59. The van der Waals surface area contributed by atoms with E-state index in [4.69, 9.17) is 9.47 Å². The molecular weight excluding hydrogens is 415 g/mol. The lowest BCUT2D eigenvalue weighted by atomic mass is 10.2. The molecule has 0 aliphatic heterocycles. The zero-order chi connectivity index (χ0) is 18.0. The van der Waals surface area contributed by atoms with Crippen molar-refractivity contribution in [3.05, 3.63) is 25.8 Å². The molecule has 1 amide bonds. The molecule has 1 rings (SSSR count). The standard InChI is InChI=1S/C15H21IN2O5/c1-14(2,3)22-12-8-10(11(18(20)21)7-9(12)16)17-13(19)23-15(4,5)6/h7-8H,1-6H3,(H,17,19). The molecule has 1 aromatic rings. The molecule has 23 heavy (non-hydrogen) atoms. The predicted molar refractivity (Wildman–Crippen MR) is 96.1 cm³/mol. The summed E-state index contributed by atoms with van der Waals surface area (Å²) in [6, 6.07) is 2.80. The molecule has 0 spiro atoms. The van der Waals surface area contributed by atoms with Gasteiger partial charge in [-0.1, -0.05) is 0 Å². The lowest BCUT2D eigenvalue weighted by molar-refractivity contribution is -0.384.